The molecule has 0 unspecified atom stereocenters. The smallest absolute Gasteiger partial charge is 0.289 e. The van der Waals surface area contributed by atoms with Gasteiger partial charge in [0.1, 0.15) is 5.15 Å². The van der Waals surface area contributed by atoms with Crippen LogP contribution in [0.4, 0.5) is 0 Å². The lowest BCUT2D eigenvalue weighted by atomic mass is 10.4. The van der Waals surface area contributed by atoms with Gasteiger partial charge in [-0.1, -0.05) is 23.2 Å². The van der Waals surface area contributed by atoms with Gasteiger partial charge in [-0.05, 0) is 12.8 Å². The van der Waals surface area contributed by atoms with Crippen LogP contribution in [0.25, 0.3) is 0 Å². The highest BCUT2D eigenvalue weighted by Crippen LogP contribution is 2.19. The first-order valence-corrected chi connectivity index (χ1v) is 5.14. The molecule has 1 aromatic rings. The Hall–Kier alpha value is -0.740. The molecule has 0 aromatic carbocycles. The molecular formula is C8H9Cl2N3O. The predicted octanol–water partition coefficient (Wildman–Crippen LogP) is 1.95. The molecule has 0 radical (unpaired) electrons. The van der Waals surface area contributed by atoms with Crippen molar-refractivity contribution in [2.45, 2.75) is 12.8 Å². The van der Waals surface area contributed by atoms with Crippen molar-refractivity contribution in [2.24, 2.45) is 0 Å². The van der Waals surface area contributed by atoms with E-state index in [4.69, 9.17) is 23.2 Å². The van der Waals surface area contributed by atoms with Crippen molar-refractivity contribution in [3.8, 4) is 0 Å². The van der Waals surface area contributed by atoms with Crippen molar-refractivity contribution in [3.05, 3.63) is 16.1 Å². The molecule has 1 amide bonds. The number of H-pyrrole nitrogens is 1. The maximum absolute atomic E-state index is 11.7. The number of imidazole rings is 1. The van der Waals surface area contributed by atoms with Crippen molar-refractivity contribution in [3.63, 3.8) is 0 Å². The van der Waals surface area contributed by atoms with Crippen LogP contribution in [0.2, 0.25) is 10.3 Å². The van der Waals surface area contributed by atoms with Crippen molar-refractivity contribution < 1.29 is 4.79 Å². The first-order valence-electron chi connectivity index (χ1n) is 4.39. The summed E-state index contributed by atoms with van der Waals surface area (Å²) in [7, 11) is 0. The molecule has 0 atom stereocenters. The zero-order valence-corrected chi connectivity index (χ0v) is 8.90. The summed E-state index contributed by atoms with van der Waals surface area (Å²) in [5.74, 6) is 0.0956. The Balaban J connectivity index is 2.18. The molecular weight excluding hydrogens is 225 g/mol. The number of nitrogens with zero attached hydrogens (tertiary/aromatic N) is 2. The lowest BCUT2D eigenvalue weighted by Gasteiger charge is -2.12. The minimum absolute atomic E-state index is 0.128. The molecule has 14 heavy (non-hydrogen) atoms. The molecule has 0 spiro atoms. The van der Waals surface area contributed by atoms with E-state index in [2.05, 4.69) is 9.97 Å². The number of carbonyl (C=O) groups is 1. The second-order valence-electron chi connectivity index (χ2n) is 3.19. The monoisotopic (exact) mass is 233 g/mol. The van der Waals surface area contributed by atoms with Crippen LogP contribution in [0.3, 0.4) is 0 Å². The van der Waals surface area contributed by atoms with Crippen LogP contribution in [0, 0.1) is 0 Å². The molecule has 0 aliphatic carbocycles. The first-order chi connectivity index (χ1) is 6.68. The van der Waals surface area contributed by atoms with Gasteiger partial charge in [0.05, 0.1) is 0 Å². The minimum Gasteiger partial charge on any atom is -0.336 e. The molecule has 0 saturated carbocycles. The second kappa shape index (κ2) is 3.79. The Morgan fingerprint density at radius 2 is 2.00 bits per heavy atom. The highest BCUT2D eigenvalue weighted by molar-refractivity contribution is 6.40. The van der Waals surface area contributed by atoms with Crippen LogP contribution >= 0.6 is 23.2 Å². The minimum atomic E-state index is -0.128. The second-order valence-corrected chi connectivity index (χ2v) is 3.93. The number of hydrogen-bond donors (Lipinski definition) is 1. The number of halogens is 2. The van der Waals surface area contributed by atoms with Gasteiger partial charge in [0.25, 0.3) is 5.91 Å². The van der Waals surface area contributed by atoms with E-state index in [-0.39, 0.29) is 22.0 Å². The number of likely N-dealkylation sites (tertiary alicyclic amines) is 1. The molecule has 6 heteroatoms. The average molecular weight is 234 g/mol. The summed E-state index contributed by atoms with van der Waals surface area (Å²) in [6.45, 7) is 1.57. The van der Waals surface area contributed by atoms with E-state index >= 15 is 0 Å². The van der Waals surface area contributed by atoms with Gasteiger partial charge >= 0.3 is 0 Å². The molecule has 1 aromatic heterocycles. The standard InChI is InChI=1S/C8H9Cl2N3O/c9-5-6(10)12-7(11-5)8(14)13-3-1-2-4-13/h1-4H2,(H,11,12). The number of aromatic amines is 1. The Kier molecular flexibility index (Phi) is 2.65. The van der Waals surface area contributed by atoms with E-state index in [0.29, 0.717) is 0 Å². The lowest BCUT2D eigenvalue weighted by Crippen LogP contribution is -2.28. The fourth-order valence-electron chi connectivity index (χ4n) is 1.50. The van der Waals surface area contributed by atoms with Gasteiger partial charge in [-0.15, -0.1) is 0 Å². The Labute approximate surface area is 91.2 Å². The van der Waals surface area contributed by atoms with Crippen LogP contribution in [-0.2, 0) is 0 Å². The Morgan fingerprint density at radius 3 is 2.50 bits per heavy atom. The summed E-state index contributed by atoms with van der Waals surface area (Å²) >= 11 is 11.3. The third kappa shape index (κ3) is 1.72. The zero-order chi connectivity index (χ0) is 10.1. The number of nitrogens with one attached hydrogen (secondary N) is 1. The molecule has 1 aliphatic heterocycles. The zero-order valence-electron chi connectivity index (χ0n) is 7.39. The number of rotatable bonds is 1. The van der Waals surface area contributed by atoms with E-state index in [1.807, 2.05) is 0 Å². The quantitative estimate of drug-likeness (QED) is 0.807. The average Bonchev–Trinajstić information content (AvgIpc) is 2.76. The predicted molar refractivity (Wildman–Crippen MR) is 53.7 cm³/mol. The van der Waals surface area contributed by atoms with E-state index in [1.54, 1.807) is 4.90 Å². The van der Waals surface area contributed by atoms with Crippen molar-refractivity contribution in [1.29, 1.82) is 0 Å². The third-order valence-electron chi connectivity index (χ3n) is 2.22. The van der Waals surface area contributed by atoms with Gasteiger partial charge in [-0.3, -0.25) is 4.79 Å². The molecule has 1 N–H and O–H groups in total. The summed E-state index contributed by atoms with van der Waals surface area (Å²) < 4.78 is 0. The van der Waals surface area contributed by atoms with Gasteiger partial charge in [0.2, 0.25) is 0 Å². The van der Waals surface area contributed by atoms with Gasteiger partial charge in [0, 0.05) is 13.1 Å². The number of amides is 1. The molecule has 4 nitrogen and oxygen atoms in total. The molecule has 1 saturated heterocycles. The number of carbonyl (C=O) groups excluding carboxylic acids is 1. The highest BCUT2D eigenvalue weighted by atomic mass is 35.5. The maximum atomic E-state index is 11.7. The van der Waals surface area contributed by atoms with Gasteiger partial charge < -0.3 is 9.88 Å². The van der Waals surface area contributed by atoms with Gasteiger partial charge in [0.15, 0.2) is 11.0 Å². The largest absolute Gasteiger partial charge is 0.336 e. The molecule has 1 aliphatic rings. The number of hydrogen-bond acceptors (Lipinski definition) is 2. The van der Waals surface area contributed by atoms with Crippen molar-refractivity contribution in [2.75, 3.05) is 13.1 Å². The summed E-state index contributed by atoms with van der Waals surface area (Å²) in [5, 5.41) is 0.364. The number of aromatic nitrogens is 2. The fourth-order valence-corrected chi connectivity index (χ4v) is 1.77. The summed E-state index contributed by atoms with van der Waals surface area (Å²) in [6, 6.07) is 0. The molecule has 76 valence electrons. The molecule has 2 rings (SSSR count). The van der Waals surface area contributed by atoms with Crippen molar-refractivity contribution in [1.82, 2.24) is 14.9 Å². The highest BCUT2D eigenvalue weighted by Gasteiger charge is 2.22. The van der Waals surface area contributed by atoms with E-state index < -0.39 is 0 Å². The summed E-state index contributed by atoms with van der Waals surface area (Å²) in [5.41, 5.74) is 0. The molecule has 2 heterocycles. The van der Waals surface area contributed by atoms with Crippen LogP contribution in [0.15, 0.2) is 0 Å². The van der Waals surface area contributed by atoms with Crippen LogP contribution < -0.4 is 0 Å². The van der Waals surface area contributed by atoms with Crippen LogP contribution in [0.5, 0.6) is 0 Å². The lowest BCUT2D eigenvalue weighted by molar-refractivity contribution is 0.0782. The van der Waals surface area contributed by atoms with Crippen molar-refractivity contribution >= 4 is 29.1 Å². The SMILES string of the molecule is O=C(c1nc(Cl)c(Cl)[nH]1)N1CCCC1. The Bertz CT molecular complexity index is 338. The van der Waals surface area contributed by atoms with Gasteiger partial charge in [-0.2, -0.15) is 0 Å². The third-order valence-corrected chi connectivity index (χ3v) is 2.86. The Morgan fingerprint density at radius 1 is 1.36 bits per heavy atom. The summed E-state index contributed by atoms with van der Waals surface area (Å²) in [6.07, 6.45) is 2.10. The molecule has 1 fully saturated rings. The fraction of sp³-hybridized carbons (Fsp3) is 0.500. The normalized spacial score (nSPS) is 16.3. The first kappa shape index (κ1) is 9.80. The van der Waals surface area contributed by atoms with E-state index in [0.717, 1.165) is 25.9 Å². The summed E-state index contributed by atoms with van der Waals surface area (Å²) in [4.78, 5) is 20.0. The van der Waals surface area contributed by atoms with Crippen LogP contribution in [0.1, 0.15) is 23.5 Å². The van der Waals surface area contributed by atoms with E-state index in [1.165, 1.54) is 0 Å². The van der Waals surface area contributed by atoms with Gasteiger partial charge in [-0.25, -0.2) is 4.98 Å². The van der Waals surface area contributed by atoms with Crippen LogP contribution in [-0.4, -0.2) is 33.9 Å². The van der Waals surface area contributed by atoms with E-state index in [9.17, 15) is 4.79 Å². The topological polar surface area (TPSA) is 49.0 Å². The molecule has 0 bridgehead atoms. The maximum Gasteiger partial charge on any atom is 0.289 e.